The molecule has 1 aromatic rings. The van der Waals surface area contributed by atoms with Crippen molar-refractivity contribution >= 4 is 5.69 Å². The fraction of sp³-hybridized carbons (Fsp3) is 0.562. The first-order valence-electron chi connectivity index (χ1n) is 7.00. The normalized spacial score (nSPS) is 23.3. The Bertz CT molecular complexity index is 393. The topological polar surface area (TPSA) is 27.0 Å². The highest BCUT2D eigenvalue weighted by Crippen LogP contribution is 2.30. The first-order valence-corrected chi connectivity index (χ1v) is 7.00. The van der Waals surface area contributed by atoms with Crippen molar-refractivity contribution in [3.8, 4) is 6.07 Å². The first kappa shape index (κ1) is 13.0. The molecule has 18 heavy (non-hydrogen) atoms. The van der Waals surface area contributed by atoms with E-state index in [1.165, 1.54) is 31.4 Å². The van der Waals surface area contributed by atoms with Crippen molar-refractivity contribution in [3.05, 3.63) is 30.3 Å². The average molecular weight is 242 g/mol. The van der Waals surface area contributed by atoms with E-state index in [1.807, 2.05) is 0 Å². The van der Waals surface area contributed by atoms with Crippen molar-refractivity contribution in [2.75, 3.05) is 11.4 Å². The van der Waals surface area contributed by atoms with Gasteiger partial charge in [-0.3, -0.25) is 0 Å². The van der Waals surface area contributed by atoms with Gasteiger partial charge >= 0.3 is 0 Å². The van der Waals surface area contributed by atoms with Crippen LogP contribution in [0.5, 0.6) is 0 Å². The molecular formula is C16H22N2. The van der Waals surface area contributed by atoms with E-state index in [2.05, 4.69) is 48.2 Å². The Hall–Kier alpha value is -1.49. The number of hydrogen-bond donors (Lipinski definition) is 0. The lowest BCUT2D eigenvalue weighted by atomic mass is 9.86. The number of nitrogens with zero attached hydrogens (tertiary/aromatic N) is 2. The van der Waals surface area contributed by atoms with Crippen molar-refractivity contribution in [2.24, 2.45) is 5.92 Å². The lowest BCUT2D eigenvalue weighted by molar-refractivity contribution is 0.330. The summed E-state index contributed by atoms with van der Waals surface area (Å²) >= 11 is 0. The zero-order valence-electron chi connectivity index (χ0n) is 11.2. The van der Waals surface area contributed by atoms with Crippen LogP contribution in [0.1, 0.15) is 39.0 Å². The molecule has 0 aromatic heterocycles. The lowest BCUT2D eigenvalue weighted by Gasteiger charge is -2.38. The van der Waals surface area contributed by atoms with Crippen LogP contribution in [0.3, 0.4) is 0 Å². The van der Waals surface area contributed by atoms with Crippen molar-refractivity contribution in [1.82, 2.24) is 0 Å². The molecule has 0 aliphatic heterocycles. The van der Waals surface area contributed by atoms with E-state index in [1.54, 1.807) is 0 Å². The molecule has 2 atom stereocenters. The van der Waals surface area contributed by atoms with Crippen molar-refractivity contribution in [3.63, 3.8) is 0 Å². The number of hydrogen-bond acceptors (Lipinski definition) is 2. The van der Waals surface area contributed by atoms with Crippen LogP contribution in [-0.4, -0.2) is 12.6 Å². The highest BCUT2D eigenvalue weighted by atomic mass is 15.2. The molecule has 0 radical (unpaired) electrons. The molecule has 1 saturated carbocycles. The summed E-state index contributed by atoms with van der Waals surface area (Å²) in [6.45, 7) is 3.21. The Balaban J connectivity index is 2.12. The minimum atomic E-state index is 0.611. The minimum Gasteiger partial charge on any atom is -0.368 e. The summed E-state index contributed by atoms with van der Waals surface area (Å²) < 4.78 is 0. The third-order valence-corrected chi connectivity index (χ3v) is 3.90. The smallest absolute Gasteiger partial charge is 0.0640 e. The predicted molar refractivity (Wildman–Crippen MR) is 75.4 cm³/mol. The molecule has 1 fully saturated rings. The SMILES string of the molecule is CC1CCCC(N(CCC#N)c2ccccc2)C1. The van der Waals surface area contributed by atoms with Gasteiger partial charge in [0.25, 0.3) is 0 Å². The summed E-state index contributed by atoms with van der Waals surface area (Å²) in [5, 5.41) is 8.84. The molecule has 0 N–H and O–H groups in total. The number of para-hydroxylation sites is 1. The van der Waals surface area contributed by atoms with Crippen LogP contribution in [0.25, 0.3) is 0 Å². The third kappa shape index (κ3) is 3.26. The molecule has 0 heterocycles. The monoisotopic (exact) mass is 242 g/mol. The number of benzene rings is 1. The van der Waals surface area contributed by atoms with Gasteiger partial charge in [-0.25, -0.2) is 0 Å². The van der Waals surface area contributed by atoms with Crippen LogP contribution in [0.2, 0.25) is 0 Å². The van der Waals surface area contributed by atoms with Gasteiger partial charge in [-0.1, -0.05) is 38.0 Å². The number of nitriles is 1. The zero-order valence-corrected chi connectivity index (χ0v) is 11.2. The van der Waals surface area contributed by atoms with E-state index in [4.69, 9.17) is 5.26 Å². The fourth-order valence-electron chi connectivity index (χ4n) is 3.00. The zero-order chi connectivity index (χ0) is 12.8. The van der Waals surface area contributed by atoms with E-state index in [-0.39, 0.29) is 0 Å². The molecule has 2 nitrogen and oxygen atoms in total. The molecule has 0 saturated heterocycles. The van der Waals surface area contributed by atoms with Crippen LogP contribution < -0.4 is 4.90 Å². The van der Waals surface area contributed by atoms with E-state index in [0.717, 1.165) is 12.5 Å². The van der Waals surface area contributed by atoms with E-state index < -0.39 is 0 Å². The molecule has 2 rings (SSSR count). The maximum Gasteiger partial charge on any atom is 0.0640 e. The second kappa shape index (κ2) is 6.44. The summed E-state index contributed by atoms with van der Waals surface area (Å²) in [7, 11) is 0. The highest BCUT2D eigenvalue weighted by Gasteiger charge is 2.24. The van der Waals surface area contributed by atoms with Crippen molar-refractivity contribution in [1.29, 1.82) is 5.26 Å². The molecule has 0 amide bonds. The Kier molecular flexibility index (Phi) is 4.64. The van der Waals surface area contributed by atoms with E-state index in [9.17, 15) is 0 Å². The molecule has 0 spiro atoms. The summed E-state index contributed by atoms with van der Waals surface area (Å²) in [6.07, 6.45) is 5.82. The molecule has 1 aromatic carbocycles. The van der Waals surface area contributed by atoms with E-state index in [0.29, 0.717) is 12.5 Å². The summed E-state index contributed by atoms with van der Waals surface area (Å²) in [5.74, 6) is 0.817. The van der Waals surface area contributed by atoms with Crippen LogP contribution in [0, 0.1) is 17.2 Å². The molecule has 1 aliphatic rings. The first-order chi connectivity index (χ1) is 8.81. The molecule has 2 unspecified atom stereocenters. The molecular weight excluding hydrogens is 220 g/mol. The summed E-state index contributed by atoms with van der Waals surface area (Å²) in [4.78, 5) is 2.44. The second-order valence-electron chi connectivity index (χ2n) is 5.36. The van der Waals surface area contributed by atoms with Gasteiger partial charge < -0.3 is 4.90 Å². The predicted octanol–water partition coefficient (Wildman–Crippen LogP) is 3.99. The molecule has 2 heteroatoms. The average Bonchev–Trinajstić information content (AvgIpc) is 2.40. The van der Waals surface area contributed by atoms with Crippen LogP contribution in [0.4, 0.5) is 5.69 Å². The van der Waals surface area contributed by atoms with Gasteiger partial charge in [0, 0.05) is 18.3 Å². The van der Waals surface area contributed by atoms with Gasteiger partial charge in [-0.15, -0.1) is 0 Å². The van der Waals surface area contributed by atoms with Gasteiger partial charge in [0.05, 0.1) is 12.5 Å². The number of anilines is 1. The lowest BCUT2D eigenvalue weighted by Crippen LogP contribution is -2.39. The Morgan fingerprint density at radius 1 is 1.28 bits per heavy atom. The van der Waals surface area contributed by atoms with Crippen LogP contribution >= 0.6 is 0 Å². The van der Waals surface area contributed by atoms with Gasteiger partial charge in [-0.05, 0) is 30.9 Å². The summed E-state index contributed by atoms with van der Waals surface area (Å²) in [6, 6.07) is 13.4. The van der Waals surface area contributed by atoms with Gasteiger partial charge in [0.15, 0.2) is 0 Å². The molecule has 0 bridgehead atoms. The van der Waals surface area contributed by atoms with Gasteiger partial charge in [0.1, 0.15) is 0 Å². The molecule has 96 valence electrons. The maximum atomic E-state index is 8.84. The minimum absolute atomic E-state index is 0.611. The van der Waals surface area contributed by atoms with E-state index >= 15 is 0 Å². The Labute approximate surface area is 110 Å². The number of rotatable bonds is 4. The Morgan fingerprint density at radius 2 is 2.06 bits per heavy atom. The fourth-order valence-corrected chi connectivity index (χ4v) is 3.00. The summed E-state index contributed by atoms with van der Waals surface area (Å²) in [5.41, 5.74) is 1.27. The highest BCUT2D eigenvalue weighted by molar-refractivity contribution is 5.47. The maximum absolute atomic E-state index is 8.84. The van der Waals surface area contributed by atoms with Crippen molar-refractivity contribution < 1.29 is 0 Å². The standard InChI is InChI=1S/C16H22N2/c1-14-7-5-10-16(13-14)18(12-6-11-17)15-8-3-2-4-9-15/h2-4,8-9,14,16H,5-7,10,12-13H2,1H3. The largest absolute Gasteiger partial charge is 0.368 e. The second-order valence-corrected chi connectivity index (χ2v) is 5.36. The molecule has 1 aliphatic carbocycles. The van der Waals surface area contributed by atoms with Crippen LogP contribution in [0.15, 0.2) is 30.3 Å². The quantitative estimate of drug-likeness (QED) is 0.798. The Morgan fingerprint density at radius 3 is 2.72 bits per heavy atom. The van der Waals surface area contributed by atoms with Crippen molar-refractivity contribution in [2.45, 2.75) is 45.1 Å². The van der Waals surface area contributed by atoms with Crippen LogP contribution in [-0.2, 0) is 0 Å². The van der Waals surface area contributed by atoms with Gasteiger partial charge in [0.2, 0.25) is 0 Å². The van der Waals surface area contributed by atoms with Gasteiger partial charge in [-0.2, -0.15) is 5.26 Å². The third-order valence-electron chi connectivity index (χ3n) is 3.90.